The van der Waals surface area contributed by atoms with Gasteiger partial charge in [-0.05, 0) is 38.3 Å². The summed E-state index contributed by atoms with van der Waals surface area (Å²) in [4.78, 5) is 17.0. The van der Waals surface area contributed by atoms with Gasteiger partial charge >= 0.3 is 0 Å². The van der Waals surface area contributed by atoms with Gasteiger partial charge in [0.2, 0.25) is 5.91 Å². The van der Waals surface area contributed by atoms with E-state index < -0.39 is 0 Å². The van der Waals surface area contributed by atoms with Gasteiger partial charge < -0.3 is 4.90 Å². The maximum Gasteiger partial charge on any atom is 0.241 e. The third-order valence-electron chi connectivity index (χ3n) is 4.11. The fraction of sp³-hybridized carbons (Fsp3) is 0.643. The number of carbonyl (C=O) groups excluding carboxylic acids is 1. The maximum atomic E-state index is 12.3. The minimum atomic E-state index is -0.0458. The van der Waals surface area contributed by atoms with Gasteiger partial charge in [0.25, 0.3) is 0 Å². The van der Waals surface area contributed by atoms with Crippen molar-refractivity contribution in [2.45, 2.75) is 51.9 Å². The van der Waals surface area contributed by atoms with Crippen molar-refractivity contribution in [3.05, 3.63) is 21.9 Å². The second-order valence-electron chi connectivity index (χ2n) is 5.46. The smallest absolute Gasteiger partial charge is 0.241 e. The van der Waals surface area contributed by atoms with Crippen molar-refractivity contribution in [1.29, 1.82) is 0 Å². The lowest BCUT2D eigenvalue weighted by Crippen LogP contribution is -2.33. The molecule has 1 aromatic heterocycles. The first kappa shape index (κ1) is 12.2. The Morgan fingerprint density at radius 2 is 2.28 bits per heavy atom. The number of nitrogens with zero attached hydrogens (tertiary/aromatic N) is 1. The molecule has 3 rings (SSSR count). The molecule has 1 aromatic rings. The maximum absolute atomic E-state index is 12.3. The first-order chi connectivity index (χ1) is 8.61. The average molecular weight is 264 g/mol. The summed E-state index contributed by atoms with van der Waals surface area (Å²) in [5.74, 6) is 0.983. The summed E-state index contributed by atoms with van der Waals surface area (Å²) in [5, 5.41) is 3.44. The Hall–Kier alpha value is -0.870. The van der Waals surface area contributed by atoms with Crippen LogP contribution in [-0.2, 0) is 4.79 Å². The van der Waals surface area contributed by atoms with Crippen LogP contribution in [0, 0.1) is 12.8 Å². The SMILES string of the molecule is CCC1CC1N1C(=O)C(C)NC1c1ccc(C)s1. The van der Waals surface area contributed by atoms with Crippen LogP contribution in [0.4, 0.5) is 0 Å². The topological polar surface area (TPSA) is 32.3 Å². The van der Waals surface area contributed by atoms with E-state index in [1.54, 1.807) is 11.3 Å². The highest BCUT2D eigenvalue weighted by Gasteiger charge is 2.50. The third-order valence-corrected chi connectivity index (χ3v) is 5.16. The van der Waals surface area contributed by atoms with Crippen molar-refractivity contribution in [3.8, 4) is 0 Å². The molecule has 1 saturated carbocycles. The van der Waals surface area contributed by atoms with Gasteiger partial charge in [-0.1, -0.05) is 13.3 Å². The summed E-state index contributed by atoms with van der Waals surface area (Å²) >= 11 is 1.79. The Labute approximate surface area is 112 Å². The first-order valence-corrected chi connectivity index (χ1v) is 7.58. The Balaban J connectivity index is 1.86. The van der Waals surface area contributed by atoms with Crippen molar-refractivity contribution in [3.63, 3.8) is 0 Å². The van der Waals surface area contributed by atoms with Crippen molar-refractivity contribution in [1.82, 2.24) is 10.2 Å². The molecule has 98 valence electrons. The number of amides is 1. The van der Waals surface area contributed by atoms with Gasteiger partial charge in [-0.15, -0.1) is 11.3 Å². The van der Waals surface area contributed by atoms with Gasteiger partial charge in [0.15, 0.2) is 0 Å². The molecule has 4 unspecified atom stereocenters. The van der Waals surface area contributed by atoms with E-state index in [-0.39, 0.29) is 18.1 Å². The Morgan fingerprint density at radius 3 is 2.83 bits per heavy atom. The van der Waals surface area contributed by atoms with Crippen LogP contribution in [0.2, 0.25) is 0 Å². The van der Waals surface area contributed by atoms with Crippen molar-refractivity contribution >= 4 is 17.2 Å². The van der Waals surface area contributed by atoms with Crippen LogP contribution in [0.1, 0.15) is 42.6 Å². The van der Waals surface area contributed by atoms with E-state index in [2.05, 4.69) is 36.2 Å². The van der Waals surface area contributed by atoms with E-state index in [0.29, 0.717) is 12.0 Å². The molecule has 3 nitrogen and oxygen atoms in total. The number of thiophene rings is 1. The molecule has 2 fully saturated rings. The van der Waals surface area contributed by atoms with Crippen LogP contribution >= 0.6 is 11.3 Å². The number of nitrogens with one attached hydrogen (secondary N) is 1. The first-order valence-electron chi connectivity index (χ1n) is 6.76. The van der Waals surface area contributed by atoms with Crippen LogP contribution in [0.25, 0.3) is 0 Å². The van der Waals surface area contributed by atoms with Gasteiger partial charge in [-0.3, -0.25) is 10.1 Å². The molecule has 0 bridgehead atoms. The van der Waals surface area contributed by atoms with Crippen LogP contribution < -0.4 is 5.32 Å². The number of hydrogen-bond donors (Lipinski definition) is 1. The van der Waals surface area contributed by atoms with Crippen molar-refractivity contribution < 1.29 is 4.79 Å². The molecule has 0 aromatic carbocycles. The number of carbonyl (C=O) groups is 1. The van der Waals surface area contributed by atoms with Crippen molar-refractivity contribution in [2.75, 3.05) is 0 Å². The zero-order chi connectivity index (χ0) is 12.9. The molecule has 1 N–H and O–H groups in total. The zero-order valence-corrected chi connectivity index (χ0v) is 12.0. The lowest BCUT2D eigenvalue weighted by Gasteiger charge is -2.23. The van der Waals surface area contributed by atoms with Gasteiger partial charge in [-0.2, -0.15) is 0 Å². The summed E-state index contributed by atoms with van der Waals surface area (Å²) < 4.78 is 0. The summed E-state index contributed by atoms with van der Waals surface area (Å²) in [7, 11) is 0. The highest BCUT2D eigenvalue weighted by Crippen LogP contribution is 2.44. The zero-order valence-electron chi connectivity index (χ0n) is 11.1. The van der Waals surface area contributed by atoms with Gasteiger partial charge in [0, 0.05) is 15.8 Å². The Bertz CT molecular complexity index is 470. The van der Waals surface area contributed by atoms with Gasteiger partial charge in [0.05, 0.1) is 6.04 Å². The predicted molar refractivity (Wildman–Crippen MR) is 73.4 cm³/mol. The third kappa shape index (κ3) is 1.88. The molecule has 0 radical (unpaired) electrons. The molecule has 0 spiro atoms. The molecular weight excluding hydrogens is 244 g/mol. The predicted octanol–water partition coefficient (Wildman–Crippen LogP) is 2.67. The largest absolute Gasteiger partial charge is 0.317 e. The fourth-order valence-corrected chi connectivity index (χ4v) is 3.86. The van der Waals surface area contributed by atoms with Crippen molar-refractivity contribution in [2.24, 2.45) is 5.92 Å². The highest BCUT2D eigenvalue weighted by molar-refractivity contribution is 7.12. The van der Waals surface area contributed by atoms with Crippen LogP contribution in [0.3, 0.4) is 0 Å². The van der Waals surface area contributed by atoms with Gasteiger partial charge in [0.1, 0.15) is 6.17 Å². The monoisotopic (exact) mass is 264 g/mol. The van der Waals surface area contributed by atoms with Crippen LogP contribution in [-0.4, -0.2) is 22.9 Å². The second-order valence-corrected chi connectivity index (χ2v) is 6.78. The van der Waals surface area contributed by atoms with Gasteiger partial charge in [-0.25, -0.2) is 0 Å². The van der Waals surface area contributed by atoms with E-state index in [1.165, 1.54) is 22.6 Å². The number of rotatable bonds is 3. The Morgan fingerprint density at radius 1 is 1.50 bits per heavy atom. The molecule has 1 amide bonds. The Kier molecular flexibility index (Phi) is 2.94. The summed E-state index contributed by atoms with van der Waals surface area (Å²) in [6.45, 7) is 6.30. The summed E-state index contributed by atoms with van der Waals surface area (Å²) in [6.07, 6.45) is 2.46. The quantitative estimate of drug-likeness (QED) is 0.910. The number of hydrogen-bond acceptors (Lipinski definition) is 3. The van der Waals surface area contributed by atoms with E-state index in [1.807, 2.05) is 6.92 Å². The van der Waals surface area contributed by atoms with E-state index >= 15 is 0 Å². The molecule has 4 atom stereocenters. The van der Waals surface area contributed by atoms with E-state index in [0.717, 1.165) is 0 Å². The van der Waals surface area contributed by atoms with Crippen LogP contribution in [0.5, 0.6) is 0 Å². The lowest BCUT2D eigenvalue weighted by molar-refractivity contribution is -0.130. The summed E-state index contributed by atoms with van der Waals surface area (Å²) in [6, 6.07) is 4.71. The second kappa shape index (κ2) is 4.35. The van der Waals surface area contributed by atoms with Crippen LogP contribution in [0.15, 0.2) is 12.1 Å². The molecule has 1 saturated heterocycles. The minimum Gasteiger partial charge on any atom is -0.317 e. The normalized spacial score (nSPS) is 35.3. The fourth-order valence-electron chi connectivity index (χ4n) is 2.92. The highest BCUT2D eigenvalue weighted by atomic mass is 32.1. The molecule has 2 aliphatic rings. The summed E-state index contributed by atoms with van der Waals surface area (Å²) in [5.41, 5.74) is 0. The number of aryl methyl sites for hydroxylation is 1. The molecule has 18 heavy (non-hydrogen) atoms. The van der Waals surface area contributed by atoms with E-state index in [4.69, 9.17) is 0 Å². The molecule has 1 aliphatic heterocycles. The standard InChI is InChI=1S/C14H20N2OS/c1-4-10-7-11(10)16-13(15-9(3)14(16)17)12-6-5-8(2)18-12/h5-6,9-11,13,15H,4,7H2,1-3H3. The average Bonchev–Trinajstić information content (AvgIpc) is 2.90. The molecule has 2 heterocycles. The molecular formula is C14H20N2OS. The van der Waals surface area contributed by atoms with E-state index in [9.17, 15) is 4.79 Å². The minimum absolute atomic E-state index is 0.0458. The lowest BCUT2D eigenvalue weighted by atomic mass is 10.2. The molecule has 1 aliphatic carbocycles. The molecule has 4 heteroatoms.